The van der Waals surface area contributed by atoms with Gasteiger partial charge in [-0.15, -0.1) is 0 Å². The average molecular weight is 281 g/mol. The first kappa shape index (κ1) is 13.8. The van der Waals surface area contributed by atoms with E-state index < -0.39 is 0 Å². The first-order valence-electron chi connectivity index (χ1n) is 7.19. The number of hydrogen-bond acceptors (Lipinski definition) is 4. The fourth-order valence-corrected chi connectivity index (χ4v) is 2.52. The van der Waals surface area contributed by atoms with Crippen molar-refractivity contribution in [2.24, 2.45) is 0 Å². The van der Waals surface area contributed by atoms with Gasteiger partial charge in [0.15, 0.2) is 0 Å². The van der Waals surface area contributed by atoms with E-state index in [1.807, 2.05) is 38.1 Å². The van der Waals surface area contributed by atoms with Crippen LogP contribution in [-0.2, 0) is 5.54 Å². The van der Waals surface area contributed by atoms with Crippen LogP contribution in [0, 0.1) is 0 Å². The number of hydrogen-bond donors (Lipinski definition) is 1. The first-order valence-corrected chi connectivity index (χ1v) is 7.19. The predicted molar refractivity (Wildman–Crippen MR) is 83.9 cm³/mol. The van der Waals surface area contributed by atoms with Gasteiger partial charge in [-0.05, 0) is 31.2 Å². The van der Waals surface area contributed by atoms with Crippen LogP contribution in [0.15, 0.2) is 47.0 Å². The van der Waals surface area contributed by atoms with Crippen molar-refractivity contribution < 1.29 is 4.52 Å². The van der Waals surface area contributed by atoms with E-state index >= 15 is 0 Å². The van der Waals surface area contributed by atoms with Gasteiger partial charge in [0, 0.05) is 5.56 Å². The van der Waals surface area contributed by atoms with Crippen LogP contribution in [0.1, 0.15) is 26.7 Å². The molecular formula is C17H19N3O. The van der Waals surface area contributed by atoms with Gasteiger partial charge in [-0.1, -0.05) is 54.5 Å². The highest BCUT2D eigenvalue weighted by atomic mass is 16.5. The average Bonchev–Trinajstić information content (AvgIpc) is 2.97. The minimum Gasteiger partial charge on any atom is -0.337 e. The Kier molecular flexibility index (Phi) is 3.47. The van der Waals surface area contributed by atoms with E-state index in [0.717, 1.165) is 17.5 Å². The van der Waals surface area contributed by atoms with Gasteiger partial charge in [-0.2, -0.15) is 4.98 Å². The molecule has 0 saturated heterocycles. The van der Waals surface area contributed by atoms with Crippen molar-refractivity contribution in [2.45, 2.75) is 26.3 Å². The Morgan fingerprint density at radius 3 is 2.67 bits per heavy atom. The molecule has 0 radical (unpaired) electrons. The molecular weight excluding hydrogens is 262 g/mol. The van der Waals surface area contributed by atoms with Gasteiger partial charge >= 0.3 is 0 Å². The van der Waals surface area contributed by atoms with Crippen LogP contribution in [0.25, 0.3) is 22.2 Å². The Bertz CT molecular complexity index is 756. The molecule has 1 N–H and O–H groups in total. The monoisotopic (exact) mass is 281 g/mol. The summed E-state index contributed by atoms with van der Waals surface area (Å²) < 4.78 is 5.46. The lowest BCUT2D eigenvalue weighted by molar-refractivity contribution is 0.272. The quantitative estimate of drug-likeness (QED) is 0.791. The molecule has 0 aliphatic heterocycles. The van der Waals surface area contributed by atoms with Crippen LogP contribution < -0.4 is 5.32 Å². The Balaban J connectivity index is 2.07. The minimum absolute atomic E-state index is 0.329. The smallest absolute Gasteiger partial charge is 0.246 e. The molecule has 108 valence electrons. The zero-order chi connectivity index (χ0) is 14.9. The zero-order valence-corrected chi connectivity index (χ0v) is 12.6. The summed E-state index contributed by atoms with van der Waals surface area (Å²) in [7, 11) is 0. The molecule has 21 heavy (non-hydrogen) atoms. The lowest BCUT2D eigenvalue weighted by Crippen LogP contribution is -2.36. The summed E-state index contributed by atoms with van der Waals surface area (Å²) in [5.74, 6) is 1.24. The van der Waals surface area contributed by atoms with Crippen LogP contribution in [0.4, 0.5) is 0 Å². The predicted octanol–water partition coefficient (Wildman–Crippen LogP) is 3.73. The third kappa shape index (κ3) is 2.54. The normalized spacial score (nSPS) is 12.0. The van der Waals surface area contributed by atoms with Crippen molar-refractivity contribution in [2.75, 3.05) is 6.54 Å². The molecule has 4 nitrogen and oxygen atoms in total. The third-order valence-corrected chi connectivity index (χ3v) is 3.61. The second kappa shape index (κ2) is 5.30. The number of nitrogens with one attached hydrogen (secondary N) is 1. The second-order valence-corrected chi connectivity index (χ2v) is 5.61. The van der Waals surface area contributed by atoms with Crippen molar-refractivity contribution >= 4 is 10.8 Å². The van der Waals surface area contributed by atoms with Crippen LogP contribution in [0.3, 0.4) is 0 Å². The summed E-state index contributed by atoms with van der Waals surface area (Å²) in [4.78, 5) is 4.58. The Hall–Kier alpha value is -2.20. The van der Waals surface area contributed by atoms with Crippen molar-refractivity contribution in [1.82, 2.24) is 15.5 Å². The number of aromatic nitrogens is 2. The molecule has 0 amide bonds. The second-order valence-electron chi connectivity index (χ2n) is 5.61. The van der Waals surface area contributed by atoms with Gasteiger partial charge in [0.05, 0.1) is 5.54 Å². The van der Waals surface area contributed by atoms with E-state index in [9.17, 15) is 0 Å². The van der Waals surface area contributed by atoms with Gasteiger partial charge in [0.1, 0.15) is 0 Å². The van der Waals surface area contributed by atoms with Gasteiger partial charge < -0.3 is 9.84 Å². The highest BCUT2D eigenvalue weighted by Crippen LogP contribution is 2.28. The summed E-state index contributed by atoms with van der Waals surface area (Å²) in [6.07, 6.45) is 0. The molecule has 0 aliphatic rings. The molecule has 0 fully saturated rings. The van der Waals surface area contributed by atoms with Crippen molar-refractivity contribution in [3.05, 3.63) is 48.4 Å². The minimum atomic E-state index is -0.329. The molecule has 3 aromatic rings. The van der Waals surface area contributed by atoms with E-state index in [-0.39, 0.29) is 5.54 Å². The van der Waals surface area contributed by atoms with Crippen LogP contribution in [0.2, 0.25) is 0 Å². The lowest BCUT2D eigenvalue weighted by atomic mass is 10.0. The third-order valence-electron chi connectivity index (χ3n) is 3.61. The standard InChI is InChI=1S/C17H19N3O/c1-4-18-17(2,3)16-19-15(20-21-16)14-11-7-9-12-8-5-6-10-13(12)14/h5-11,18H,4H2,1-3H3. The highest BCUT2D eigenvalue weighted by Gasteiger charge is 2.26. The van der Waals surface area contributed by atoms with Crippen molar-refractivity contribution in [1.29, 1.82) is 0 Å². The van der Waals surface area contributed by atoms with E-state index in [0.29, 0.717) is 11.7 Å². The van der Waals surface area contributed by atoms with Crippen LogP contribution >= 0.6 is 0 Å². The Labute approximate surface area is 124 Å². The SMILES string of the molecule is CCNC(C)(C)c1nc(-c2cccc3ccccc23)no1. The molecule has 0 bridgehead atoms. The molecule has 0 spiro atoms. The first-order chi connectivity index (χ1) is 10.1. The molecule has 2 aromatic carbocycles. The largest absolute Gasteiger partial charge is 0.337 e. The summed E-state index contributed by atoms with van der Waals surface area (Å²) in [6, 6.07) is 14.3. The Morgan fingerprint density at radius 2 is 1.86 bits per heavy atom. The summed E-state index contributed by atoms with van der Waals surface area (Å²) in [5.41, 5.74) is 0.667. The number of rotatable bonds is 4. The van der Waals surface area contributed by atoms with E-state index in [2.05, 4.69) is 40.6 Å². The molecule has 3 rings (SSSR count). The summed E-state index contributed by atoms with van der Waals surface area (Å²) >= 11 is 0. The molecule has 0 aliphatic carbocycles. The molecule has 4 heteroatoms. The summed E-state index contributed by atoms with van der Waals surface area (Å²) in [5, 5.41) is 9.81. The van der Waals surface area contributed by atoms with Crippen LogP contribution in [-0.4, -0.2) is 16.7 Å². The molecule has 1 heterocycles. The van der Waals surface area contributed by atoms with E-state index in [1.165, 1.54) is 5.39 Å². The molecule has 1 aromatic heterocycles. The van der Waals surface area contributed by atoms with Crippen molar-refractivity contribution in [3.8, 4) is 11.4 Å². The van der Waals surface area contributed by atoms with E-state index in [1.54, 1.807) is 0 Å². The maximum atomic E-state index is 5.46. The highest BCUT2D eigenvalue weighted by molar-refractivity contribution is 5.94. The molecule has 0 atom stereocenters. The number of fused-ring (bicyclic) bond motifs is 1. The van der Waals surface area contributed by atoms with Crippen molar-refractivity contribution in [3.63, 3.8) is 0 Å². The maximum absolute atomic E-state index is 5.46. The lowest BCUT2D eigenvalue weighted by Gasteiger charge is -2.20. The fraction of sp³-hybridized carbons (Fsp3) is 0.294. The van der Waals surface area contributed by atoms with Gasteiger partial charge in [-0.3, -0.25) is 0 Å². The Morgan fingerprint density at radius 1 is 1.10 bits per heavy atom. The van der Waals surface area contributed by atoms with Gasteiger partial charge in [-0.25, -0.2) is 0 Å². The van der Waals surface area contributed by atoms with E-state index in [4.69, 9.17) is 4.52 Å². The van der Waals surface area contributed by atoms with Gasteiger partial charge in [0.25, 0.3) is 0 Å². The van der Waals surface area contributed by atoms with Crippen LogP contribution in [0.5, 0.6) is 0 Å². The number of nitrogens with zero attached hydrogens (tertiary/aromatic N) is 2. The van der Waals surface area contributed by atoms with Gasteiger partial charge in [0.2, 0.25) is 11.7 Å². The topological polar surface area (TPSA) is 51.0 Å². The number of benzene rings is 2. The zero-order valence-electron chi connectivity index (χ0n) is 12.6. The molecule has 0 unspecified atom stereocenters. The maximum Gasteiger partial charge on any atom is 0.246 e. The summed E-state index contributed by atoms with van der Waals surface area (Å²) in [6.45, 7) is 6.98. The fourth-order valence-electron chi connectivity index (χ4n) is 2.52. The molecule has 0 saturated carbocycles.